The quantitative estimate of drug-likeness (QED) is 0.295. The summed E-state index contributed by atoms with van der Waals surface area (Å²) in [6.07, 6.45) is 1.05. The number of fused-ring (bicyclic) bond motifs is 13. The lowest BCUT2D eigenvalue weighted by Crippen LogP contribution is -2.53. The van der Waals surface area contributed by atoms with Gasteiger partial charge in [0, 0.05) is 38.6 Å². The van der Waals surface area contributed by atoms with Gasteiger partial charge >= 0.3 is 5.97 Å². The number of carbonyl (C=O) groups excluding carboxylic acids is 3. The van der Waals surface area contributed by atoms with E-state index in [2.05, 4.69) is 14.5 Å². The first-order valence-corrected chi connectivity index (χ1v) is 12.3. The molecule has 2 amide bonds. The van der Waals surface area contributed by atoms with Crippen LogP contribution in [-0.4, -0.2) is 39.1 Å². The number of nitrogens with two attached hydrogens (primary N) is 1. The maximum atomic E-state index is 13.4. The van der Waals surface area contributed by atoms with E-state index in [1.165, 1.54) is 0 Å². The molecule has 2 bridgehead atoms. The van der Waals surface area contributed by atoms with Gasteiger partial charge in [-0.05, 0) is 31.9 Å². The van der Waals surface area contributed by atoms with Gasteiger partial charge in [0.1, 0.15) is 5.54 Å². The minimum atomic E-state index is -1.23. The van der Waals surface area contributed by atoms with Gasteiger partial charge in [0.05, 0.1) is 34.8 Å². The molecule has 2 aromatic heterocycles. The predicted octanol–water partition coefficient (Wildman–Crippen LogP) is 3.94. The van der Waals surface area contributed by atoms with Crippen molar-refractivity contribution in [1.82, 2.24) is 14.5 Å². The second-order valence-corrected chi connectivity index (χ2v) is 10.1. The number of nitrogens with one attached hydrogen (secondary N) is 1. The lowest BCUT2D eigenvalue weighted by molar-refractivity contribution is -0.150. The van der Waals surface area contributed by atoms with Crippen molar-refractivity contribution >= 4 is 61.4 Å². The molecule has 8 rings (SSSR count). The molecule has 8 nitrogen and oxygen atoms in total. The first kappa shape index (κ1) is 20.1. The Labute approximate surface area is 204 Å². The van der Waals surface area contributed by atoms with Gasteiger partial charge < -0.3 is 19.6 Å². The SMILES string of the molecule is CCOC(=O)[C@]1(N)CC2CC1n1c3ccccc3c3c4c(c5c6ccccc6n2c5c31)C(=O)NC4=O. The van der Waals surface area contributed by atoms with Crippen molar-refractivity contribution in [2.75, 3.05) is 6.61 Å². The van der Waals surface area contributed by atoms with Gasteiger partial charge in [-0.2, -0.15) is 0 Å². The molecule has 0 radical (unpaired) electrons. The average Bonchev–Trinajstić information content (AvgIpc) is 3.54. The molecule has 3 N–H and O–H groups in total. The molecule has 178 valence electrons. The maximum Gasteiger partial charge on any atom is 0.328 e. The van der Waals surface area contributed by atoms with E-state index in [4.69, 9.17) is 10.5 Å². The highest BCUT2D eigenvalue weighted by atomic mass is 16.5. The Kier molecular flexibility index (Phi) is 3.53. The maximum absolute atomic E-state index is 13.4. The van der Waals surface area contributed by atoms with Crippen molar-refractivity contribution in [1.29, 1.82) is 0 Å². The van der Waals surface area contributed by atoms with Crippen molar-refractivity contribution in [3.8, 4) is 0 Å². The Bertz CT molecular complexity index is 1880. The van der Waals surface area contributed by atoms with Crippen LogP contribution in [0.4, 0.5) is 0 Å². The molecule has 2 aliphatic heterocycles. The third kappa shape index (κ3) is 2.06. The van der Waals surface area contributed by atoms with E-state index in [1.54, 1.807) is 6.92 Å². The summed E-state index contributed by atoms with van der Waals surface area (Å²) in [5, 5.41) is 5.84. The highest BCUT2D eigenvalue weighted by Crippen LogP contribution is 2.56. The number of amides is 2. The van der Waals surface area contributed by atoms with Crippen LogP contribution in [-0.2, 0) is 9.53 Å². The number of benzene rings is 3. The molecule has 0 spiro atoms. The molecule has 8 heteroatoms. The molecular weight excluding hydrogens is 456 g/mol. The van der Waals surface area contributed by atoms with Gasteiger partial charge in [0.25, 0.3) is 11.8 Å². The summed E-state index contributed by atoms with van der Waals surface area (Å²) in [6, 6.07) is 15.4. The summed E-state index contributed by atoms with van der Waals surface area (Å²) >= 11 is 0. The largest absolute Gasteiger partial charge is 0.465 e. The number of imide groups is 1. The summed E-state index contributed by atoms with van der Waals surface area (Å²) in [5.74, 6) is -1.17. The van der Waals surface area contributed by atoms with E-state index < -0.39 is 17.4 Å². The normalized spacial score (nSPS) is 24.3. The van der Waals surface area contributed by atoms with Crippen LogP contribution in [0.1, 0.15) is 52.6 Å². The van der Waals surface area contributed by atoms with Crippen molar-refractivity contribution in [3.05, 3.63) is 59.7 Å². The molecule has 3 aliphatic rings. The van der Waals surface area contributed by atoms with Gasteiger partial charge in [0.15, 0.2) is 0 Å². The fourth-order valence-corrected chi connectivity index (χ4v) is 7.23. The second kappa shape index (κ2) is 6.33. The number of esters is 1. The smallest absolute Gasteiger partial charge is 0.328 e. The van der Waals surface area contributed by atoms with E-state index in [1.807, 2.05) is 48.5 Å². The van der Waals surface area contributed by atoms with Gasteiger partial charge in [-0.3, -0.25) is 14.9 Å². The van der Waals surface area contributed by atoms with E-state index in [-0.39, 0.29) is 24.6 Å². The minimum absolute atomic E-state index is 0.0770. The van der Waals surface area contributed by atoms with Gasteiger partial charge in [0.2, 0.25) is 0 Å². The molecule has 3 aromatic carbocycles. The molecule has 0 saturated heterocycles. The Morgan fingerprint density at radius 3 is 2.14 bits per heavy atom. The number of rotatable bonds is 2. The van der Waals surface area contributed by atoms with Crippen molar-refractivity contribution < 1.29 is 19.1 Å². The zero-order valence-corrected chi connectivity index (χ0v) is 19.5. The van der Waals surface area contributed by atoms with E-state index in [0.29, 0.717) is 24.0 Å². The van der Waals surface area contributed by atoms with Crippen LogP contribution in [0.3, 0.4) is 0 Å². The number of hydrogen-bond acceptors (Lipinski definition) is 5. The van der Waals surface area contributed by atoms with Crippen LogP contribution >= 0.6 is 0 Å². The van der Waals surface area contributed by atoms with Crippen molar-refractivity contribution in [3.63, 3.8) is 0 Å². The van der Waals surface area contributed by atoms with E-state index in [0.717, 1.165) is 43.6 Å². The van der Waals surface area contributed by atoms with Crippen LogP contribution < -0.4 is 11.1 Å². The standard InChI is InChI=1S/C28H22N4O4/c1-2-36-27(35)28(29)12-13-11-18(28)32-17-10-6-4-8-15(17)20-22-21(25(33)30-26(22)34)19-14-7-3-5-9-16(14)31(13)23(19)24(20)32/h3-10,13,18H,2,11-12,29H2,1H3,(H,30,33,34)/t13?,18?,28-/m0/s1. The third-order valence-corrected chi connectivity index (χ3v) is 8.47. The zero-order chi connectivity index (χ0) is 24.5. The molecule has 1 saturated carbocycles. The third-order valence-electron chi connectivity index (χ3n) is 8.47. The summed E-state index contributed by atoms with van der Waals surface area (Å²) in [5.41, 5.74) is 10.2. The van der Waals surface area contributed by atoms with Crippen LogP contribution in [0.5, 0.6) is 0 Å². The Hall–Kier alpha value is -4.17. The van der Waals surface area contributed by atoms with Gasteiger partial charge in [-0.15, -0.1) is 0 Å². The summed E-state index contributed by atoms with van der Waals surface area (Å²) in [6.45, 7) is 2.04. The van der Waals surface area contributed by atoms with E-state index >= 15 is 0 Å². The molecule has 1 fully saturated rings. The van der Waals surface area contributed by atoms with Crippen LogP contribution in [0.15, 0.2) is 48.5 Å². The van der Waals surface area contributed by atoms with Crippen LogP contribution in [0, 0.1) is 0 Å². The van der Waals surface area contributed by atoms with E-state index in [9.17, 15) is 14.4 Å². The molecule has 3 atom stereocenters. The molecule has 5 aromatic rings. The number of ether oxygens (including phenoxy) is 1. The van der Waals surface area contributed by atoms with Crippen molar-refractivity contribution in [2.24, 2.45) is 5.73 Å². The number of aromatic nitrogens is 2. The summed E-state index contributed by atoms with van der Waals surface area (Å²) in [4.78, 5) is 39.9. The molecule has 1 aliphatic carbocycles. The first-order chi connectivity index (χ1) is 17.5. The molecular formula is C28H22N4O4. The average molecular weight is 479 g/mol. The number of carbonyl (C=O) groups is 3. The number of hydrogen-bond donors (Lipinski definition) is 2. The minimum Gasteiger partial charge on any atom is -0.465 e. The Morgan fingerprint density at radius 1 is 0.972 bits per heavy atom. The van der Waals surface area contributed by atoms with Crippen LogP contribution in [0.25, 0.3) is 43.6 Å². The van der Waals surface area contributed by atoms with Gasteiger partial charge in [-0.1, -0.05) is 36.4 Å². The lowest BCUT2D eigenvalue weighted by atomic mass is 9.92. The monoisotopic (exact) mass is 478 g/mol. The Balaban J connectivity index is 1.68. The fourth-order valence-electron chi connectivity index (χ4n) is 7.23. The summed E-state index contributed by atoms with van der Waals surface area (Å²) in [7, 11) is 0. The van der Waals surface area contributed by atoms with Gasteiger partial charge in [-0.25, -0.2) is 4.79 Å². The lowest BCUT2D eigenvalue weighted by Gasteiger charge is -2.31. The zero-order valence-electron chi connectivity index (χ0n) is 19.5. The second-order valence-electron chi connectivity index (χ2n) is 10.1. The first-order valence-electron chi connectivity index (χ1n) is 12.3. The van der Waals surface area contributed by atoms with Crippen LogP contribution in [0.2, 0.25) is 0 Å². The molecule has 2 unspecified atom stereocenters. The fraction of sp³-hybridized carbons (Fsp3) is 0.250. The highest BCUT2D eigenvalue weighted by Gasteiger charge is 2.55. The summed E-state index contributed by atoms with van der Waals surface area (Å²) < 4.78 is 9.91. The van der Waals surface area contributed by atoms with Crippen molar-refractivity contribution in [2.45, 2.75) is 37.4 Å². The molecule has 36 heavy (non-hydrogen) atoms. The highest BCUT2D eigenvalue weighted by molar-refractivity contribution is 6.39. The Morgan fingerprint density at radius 2 is 1.53 bits per heavy atom. The number of nitrogens with zero attached hydrogens (tertiary/aromatic N) is 2. The predicted molar refractivity (Wildman–Crippen MR) is 135 cm³/mol. The topological polar surface area (TPSA) is 108 Å². The number of para-hydroxylation sites is 2. The molecule has 4 heterocycles.